The fraction of sp³-hybridized carbons (Fsp3) is 0.250. The molecule has 0 radical (unpaired) electrons. The van der Waals surface area contributed by atoms with Gasteiger partial charge in [0.05, 0.1) is 30.5 Å². The Morgan fingerprint density at radius 3 is 1.62 bits per heavy atom. The maximum atomic E-state index is 10.8. The van der Waals surface area contributed by atoms with E-state index in [9.17, 15) is 10.1 Å². The summed E-state index contributed by atoms with van der Waals surface area (Å²) >= 11 is 0. The highest BCUT2D eigenvalue weighted by atomic mass is 16.6. The lowest BCUT2D eigenvalue weighted by molar-refractivity contribution is -0.384. The van der Waals surface area contributed by atoms with Gasteiger partial charge in [0, 0.05) is 66.0 Å². The van der Waals surface area contributed by atoms with E-state index in [4.69, 9.17) is 20.5 Å². The first-order valence-electron chi connectivity index (χ1n) is 11.7. The molecular formula is C24H24N12O4. The minimum atomic E-state index is -0.492. The van der Waals surface area contributed by atoms with Crippen LogP contribution in [0.5, 0.6) is 11.5 Å². The number of azo groups is 2. The number of nitro groups is 1. The van der Waals surface area contributed by atoms with Crippen LogP contribution in [-0.2, 0) is 0 Å². The number of rotatable bonds is 14. The van der Waals surface area contributed by atoms with Gasteiger partial charge in [0.2, 0.25) is 0 Å². The minimum absolute atomic E-state index is 0.0458. The van der Waals surface area contributed by atoms with E-state index in [0.717, 1.165) is 5.69 Å². The monoisotopic (exact) mass is 544 g/mol. The molecule has 16 nitrogen and oxygen atoms in total. The molecular weight excluding hydrogens is 520 g/mol. The van der Waals surface area contributed by atoms with Crippen LogP contribution in [0.3, 0.4) is 0 Å². The van der Waals surface area contributed by atoms with E-state index < -0.39 is 4.92 Å². The number of nitrogens with zero attached hydrogens (tertiary/aromatic N) is 12. The number of methoxy groups -OCH3 is 2. The predicted octanol–water partition coefficient (Wildman–Crippen LogP) is 7.87. The van der Waals surface area contributed by atoms with Crippen LogP contribution in [0.2, 0.25) is 0 Å². The largest absolute Gasteiger partial charge is 0.494 e. The zero-order valence-electron chi connectivity index (χ0n) is 21.6. The molecule has 0 spiro atoms. The summed E-state index contributed by atoms with van der Waals surface area (Å²) in [5.74, 6) is 0.743. The molecule has 40 heavy (non-hydrogen) atoms. The molecule has 0 bridgehead atoms. The molecule has 0 unspecified atom stereocenters. The Kier molecular flexibility index (Phi) is 10.7. The average molecular weight is 545 g/mol. The summed E-state index contributed by atoms with van der Waals surface area (Å²) < 4.78 is 10.9. The highest BCUT2D eigenvalue weighted by Crippen LogP contribution is 2.41. The lowest BCUT2D eigenvalue weighted by atomic mass is 10.2. The summed E-state index contributed by atoms with van der Waals surface area (Å²) in [7, 11) is 2.95. The number of nitro benzene ring substituents is 1. The molecule has 0 aliphatic rings. The van der Waals surface area contributed by atoms with Crippen molar-refractivity contribution in [1.29, 1.82) is 0 Å². The highest BCUT2D eigenvalue weighted by molar-refractivity contribution is 5.66. The number of benzene rings is 3. The Balaban J connectivity index is 1.79. The zero-order chi connectivity index (χ0) is 28.7. The number of anilines is 1. The summed E-state index contributed by atoms with van der Waals surface area (Å²) in [5.41, 5.74) is 19.6. The second kappa shape index (κ2) is 14.9. The van der Waals surface area contributed by atoms with Crippen LogP contribution in [0, 0.1) is 10.1 Å². The normalized spacial score (nSPS) is 10.7. The summed E-state index contributed by atoms with van der Waals surface area (Å²) in [5, 5.41) is 34.8. The number of ether oxygens (including phenoxy) is 2. The SMILES string of the molecule is COc1cc(N=Nc2ccc([N+](=O)[O-])cc2)c(OC)cc1N=Nc1ccc(N(CCN=[N+]=[N-])CCN=[N+]=[N-])cc1. The Morgan fingerprint density at radius 1 is 0.775 bits per heavy atom. The van der Waals surface area contributed by atoms with Crippen LogP contribution in [0.1, 0.15) is 0 Å². The van der Waals surface area contributed by atoms with Crippen LogP contribution >= 0.6 is 0 Å². The lowest BCUT2D eigenvalue weighted by Gasteiger charge is -2.23. The standard InChI is InChI=1S/C24H24N12O4/c1-39-23-16-22(32-30-18-5-9-20(10-6-18)36(37)38)24(40-2)15-21(23)31-29-17-3-7-19(8-4-17)35(13-11-27-33-25)14-12-28-34-26/h3-10,15-16H,11-14H2,1-2H3. The van der Waals surface area contributed by atoms with Crippen molar-refractivity contribution in [2.45, 2.75) is 0 Å². The third-order valence-electron chi connectivity index (χ3n) is 5.37. The molecule has 0 N–H and O–H groups in total. The first-order chi connectivity index (χ1) is 19.5. The third kappa shape index (κ3) is 8.14. The molecule has 0 heterocycles. The Bertz CT molecular complexity index is 1440. The molecule has 0 aromatic heterocycles. The van der Waals surface area contributed by atoms with E-state index in [-0.39, 0.29) is 18.8 Å². The fourth-order valence-corrected chi connectivity index (χ4v) is 3.41. The number of hydrogen-bond acceptors (Lipinski definition) is 11. The van der Waals surface area contributed by atoms with Crippen molar-refractivity contribution in [3.8, 4) is 11.5 Å². The molecule has 0 fully saturated rings. The minimum Gasteiger partial charge on any atom is -0.494 e. The van der Waals surface area contributed by atoms with E-state index in [1.807, 2.05) is 17.0 Å². The Hall–Kier alpha value is -5.72. The lowest BCUT2D eigenvalue weighted by Crippen LogP contribution is -2.28. The molecule has 0 aliphatic heterocycles. The van der Waals surface area contributed by atoms with Crippen molar-refractivity contribution < 1.29 is 14.4 Å². The van der Waals surface area contributed by atoms with E-state index in [1.54, 1.807) is 24.3 Å². The van der Waals surface area contributed by atoms with Gasteiger partial charge in [-0.25, -0.2) is 0 Å². The summed E-state index contributed by atoms with van der Waals surface area (Å²) in [4.78, 5) is 17.8. The number of azide groups is 2. The predicted molar refractivity (Wildman–Crippen MR) is 148 cm³/mol. The van der Waals surface area contributed by atoms with Crippen LogP contribution in [0.15, 0.2) is 91.3 Å². The maximum Gasteiger partial charge on any atom is 0.269 e. The number of non-ortho nitro benzene ring substituents is 1. The molecule has 16 heteroatoms. The van der Waals surface area contributed by atoms with Gasteiger partial charge in [-0.1, -0.05) is 10.2 Å². The summed E-state index contributed by atoms with van der Waals surface area (Å²) in [6.45, 7) is 1.44. The molecule has 3 aromatic carbocycles. The van der Waals surface area contributed by atoms with Gasteiger partial charge >= 0.3 is 0 Å². The first-order valence-corrected chi connectivity index (χ1v) is 11.7. The Labute approximate surface area is 228 Å². The van der Waals surface area contributed by atoms with E-state index in [2.05, 4.69) is 40.5 Å². The van der Waals surface area contributed by atoms with Gasteiger partial charge in [-0.15, -0.1) is 10.2 Å². The topological polar surface area (TPSA) is 212 Å². The van der Waals surface area contributed by atoms with E-state index in [0.29, 0.717) is 47.3 Å². The smallest absolute Gasteiger partial charge is 0.269 e. The van der Waals surface area contributed by atoms with Crippen LogP contribution in [0.4, 0.5) is 34.1 Å². The van der Waals surface area contributed by atoms with Gasteiger partial charge in [0.1, 0.15) is 22.9 Å². The van der Waals surface area contributed by atoms with Crippen LogP contribution < -0.4 is 14.4 Å². The van der Waals surface area contributed by atoms with Crippen molar-refractivity contribution in [1.82, 2.24) is 0 Å². The van der Waals surface area contributed by atoms with E-state index in [1.165, 1.54) is 38.5 Å². The first kappa shape index (κ1) is 28.8. The van der Waals surface area contributed by atoms with Gasteiger partial charge in [-0.3, -0.25) is 10.1 Å². The average Bonchev–Trinajstić information content (AvgIpc) is 2.98. The van der Waals surface area contributed by atoms with Gasteiger partial charge in [0.15, 0.2) is 0 Å². The van der Waals surface area contributed by atoms with Crippen molar-refractivity contribution in [3.05, 3.63) is 91.7 Å². The fourth-order valence-electron chi connectivity index (χ4n) is 3.41. The van der Waals surface area contributed by atoms with Gasteiger partial charge in [0.25, 0.3) is 5.69 Å². The zero-order valence-corrected chi connectivity index (χ0v) is 21.6. The highest BCUT2D eigenvalue weighted by Gasteiger charge is 2.12. The van der Waals surface area contributed by atoms with E-state index >= 15 is 0 Å². The van der Waals surface area contributed by atoms with Crippen molar-refractivity contribution >= 4 is 34.1 Å². The second-order valence-electron chi connectivity index (χ2n) is 7.78. The molecule has 3 aromatic rings. The quantitative estimate of drug-likeness (QED) is 0.0649. The summed E-state index contributed by atoms with van der Waals surface area (Å²) in [6, 6.07) is 16.0. The summed E-state index contributed by atoms with van der Waals surface area (Å²) in [6.07, 6.45) is 0. The van der Waals surface area contributed by atoms with Gasteiger partial charge in [-0.2, -0.15) is 10.2 Å². The van der Waals surface area contributed by atoms with Gasteiger partial charge < -0.3 is 14.4 Å². The maximum absolute atomic E-state index is 10.8. The second-order valence-corrected chi connectivity index (χ2v) is 7.78. The van der Waals surface area contributed by atoms with Crippen molar-refractivity contribution in [2.24, 2.45) is 30.7 Å². The molecule has 0 atom stereocenters. The third-order valence-corrected chi connectivity index (χ3v) is 5.37. The molecule has 0 saturated heterocycles. The van der Waals surface area contributed by atoms with Crippen LogP contribution in [0.25, 0.3) is 20.9 Å². The van der Waals surface area contributed by atoms with Gasteiger partial charge in [-0.05, 0) is 47.5 Å². The molecule has 3 rings (SSSR count). The Morgan fingerprint density at radius 2 is 1.23 bits per heavy atom. The molecule has 0 saturated carbocycles. The van der Waals surface area contributed by atoms with Crippen molar-refractivity contribution in [3.63, 3.8) is 0 Å². The molecule has 204 valence electrons. The molecule has 0 amide bonds. The van der Waals surface area contributed by atoms with Crippen molar-refractivity contribution in [2.75, 3.05) is 45.3 Å². The van der Waals surface area contributed by atoms with Crippen LogP contribution in [-0.4, -0.2) is 45.3 Å². The number of hydrogen-bond donors (Lipinski definition) is 0. The molecule has 0 aliphatic carbocycles.